The fourth-order valence-corrected chi connectivity index (χ4v) is 7.72. The summed E-state index contributed by atoms with van der Waals surface area (Å²) in [5.74, 6) is -0.492. The molecule has 0 radical (unpaired) electrons. The Kier molecular flexibility index (Phi) is 13.6. The predicted molar refractivity (Wildman–Crippen MR) is 216 cm³/mol. The number of halogens is 1. The first-order valence-electron chi connectivity index (χ1n) is 16.1. The third kappa shape index (κ3) is 11.6. The molecule has 15 nitrogen and oxygen atoms in total. The third-order valence-electron chi connectivity index (χ3n) is 7.43. The zero-order chi connectivity index (χ0) is 41.1. The number of nitrogens with zero attached hydrogens (tertiary/aromatic N) is 1. The highest BCUT2D eigenvalue weighted by molar-refractivity contribution is 7.93. The Morgan fingerprint density at radius 1 is 0.482 bits per heavy atom. The van der Waals surface area contributed by atoms with E-state index in [0.717, 1.165) is 29.8 Å². The quantitative estimate of drug-likeness (QED) is 0.0489. The van der Waals surface area contributed by atoms with Crippen molar-refractivity contribution in [2.75, 3.05) is 31.4 Å². The van der Waals surface area contributed by atoms with Gasteiger partial charge in [0, 0.05) is 12.1 Å². The molecule has 0 unspecified atom stereocenters. The molecule has 0 spiro atoms. The largest absolute Gasteiger partial charge is 0.397 e. The Morgan fingerprint density at radius 3 is 1.07 bits per heavy atom. The lowest BCUT2D eigenvalue weighted by Gasteiger charge is -2.10. The molecule has 0 atom stereocenters. The number of sulfonamides is 3. The van der Waals surface area contributed by atoms with Crippen molar-refractivity contribution in [3.8, 4) is 0 Å². The zero-order valence-electron chi connectivity index (χ0n) is 29.4. The van der Waals surface area contributed by atoms with Gasteiger partial charge in [0.25, 0.3) is 35.8 Å². The summed E-state index contributed by atoms with van der Waals surface area (Å²) in [5.41, 5.74) is 19.8. The molecule has 292 valence electrons. The second-order valence-corrected chi connectivity index (χ2v) is 16.6. The Labute approximate surface area is 323 Å². The van der Waals surface area contributed by atoms with Crippen molar-refractivity contribution >= 4 is 69.9 Å². The van der Waals surface area contributed by atoms with E-state index in [1.165, 1.54) is 30.3 Å². The molecule has 0 amide bonds. The van der Waals surface area contributed by atoms with E-state index in [4.69, 9.17) is 17.2 Å². The van der Waals surface area contributed by atoms with Gasteiger partial charge in [-0.3, -0.25) is 24.3 Å². The van der Waals surface area contributed by atoms with Crippen LogP contribution in [-0.4, -0.2) is 30.2 Å². The Bertz CT molecular complexity index is 2510. The van der Waals surface area contributed by atoms with Gasteiger partial charge in [-0.2, -0.15) is 0 Å². The number of aryl methyl sites for hydroxylation is 1. The number of nitro groups is 1. The molecule has 0 bridgehead atoms. The van der Waals surface area contributed by atoms with Gasteiger partial charge in [-0.15, -0.1) is 0 Å². The number of non-ortho nitro benzene ring substituents is 1. The lowest BCUT2D eigenvalue weighted by molar-refractivity contribution is -0.384. The Balaban J connectivity index is 0.000000187. The summed E-state index contributed by atoms with van der Waals surface area (Å²) in [5, 5.41) is 10.5. The minimum Gasteiger partial charge on any atom is -0.397 e. The van der Waals surface area contributed by atoms with Crippen LogP contribution in [0.5, 0.6) is 0 Å². The number of nitrogen functional groups attached to an aromatic ring is 3. The van der Waals surface area contributed by atoms with Crippen molar-refractivity contribution in [3.63, 3.8) is 0 Å². The molecule has 0 aliphatic rings. The van der Waals surface area contributed by atoms with E-state index in [2.05, 4.69) is 14.2 Å². The van der Waals surface area contributed by atoms with Crippen LogP contribution >= 0.6 is 0 Å². The highest BCUT2D eigenvalue weighted by Crippen LogP contribution is 2.24. The molecule has 0 aliphatic heterocycles. The number of nitrogens with two attached hydrogens (primary N) is 3. The van der Waals surface area contributed by atoms with E-state index in [-0.39, 0.29) is 31.7 Å². The number of hydrogen-bond donors (Lipinski definition) is 6. The van der Waals surface area contributed by atoms with E-state index in [1.54, 1.807) is 91.0 Å². The van der Waals surface area contributed by atoms with Gasteiger partial charge in [-0.25, -0.2) is 29.6 Å². The molecule has 0 heterocycles. The van der Waals surface area contributed by atoms with Crippen molar-refractivity contribution in [2.24, 2.45) is 0 Å². The molecule has 0 fully saturated rings. The fourth-order valence-electron chi connectivity index (χ4n) is 4.46. The van der Waals surface area contributed by atoms with Crippen molar-refractivity contribution in [1.29, 1.82) is 0 Å². The molecule has 6 aromatic rings. The summed E-state index contributed by atoms with van der Waals surface area (Å²) >= 11 is 0. The first kappa shape index (κ1) is 42.0. The first-order valence-corrected chi connectivity index (χ1v) is 20.5. The minimum absolute atomic E-state index is 0.0212. The number of hydrogen-bond acceptors (Lipinski definition) is 11. The van der Waals surface area contributed by atoms with Crippen molar-refractivity contribution in [2.45, 2.75) is 21.6 Å². The van der Waals surface area contributed by atoms with Crippen LogP contribution in [0.15, 0.2) is 160 Å². The minimum atomic E-state index is -3.83. The lowest BCUT2D eigenvalue weighted by atomic mass is 10.2. The predicted octanol–water partition coefficient (Wildman–Crippen LogP) is 6.56. The maximum atomic E-state index is 12.7. The van der Waals surface area contributed by atoms with Gasteiger partial charge < -0.3 is 17.2 Å². The average Bonchev–Trinajstić information content (AvgIpc) is 3.15. The van der Waals surface area contributed by atoms with Crippen molar-refractivity contribution < 1.29 is 34.6 Å². The fraction of sp³-hybridized carbons (Fsp3) is 0.0270. The second-order valence-electron chi connectivity index (χ2n) is 11.6. The normalized spacial score (nSPS) is 11.1. The van der Waals surface area contributed by atoms with Crippen LogP contribution in [0.25, 0.3) is 0 Å². The van der Waals surface area contributed by atoms with Crippen LogP contribution in [0.2, 0.25) is 0 Å². The maximum Gasteiger partial charge on any atom is 0.269 e. The average molecular weight is 822 g/mol. The molecular weight excluding hydrogens is 786 g/mol. The van der Waals surface area contributed by atoms with Crippen LogP contribution in [0.4, 0.5) is 44.2 Å². The van der Waals surface area contributed by atoms with Gasteiger partial charge in [0.2, 0.25) is 0 Å². The van der Waals surface area contributed by atoms with Gasteiger partial charge in [0.05, 0.1) is 53.7 Å². The summed E-state index contributed by atoms with van der Waals surface area (Å²) in [6, 6.07) is 35.4. The van der Waals surface area contributed by atoms with Gasteiger partial charge in [-0.1, -0.05) is 54.1 Å². The molecule has 6 rings (SSSR count). The van der Waals surface area contributed by atoms with Gasteiger partial charge >= 0.3 is 0 Å². The van der Waals surface area contributed by atoms with Crippen molar-refractivity contribution in [1.82, 2.24) is 0 Å². The van der Waals surface area contributed by atoms with Crippen LogP contribution in [-0.2, 0) is 30.1 Å². The number of nitro benzene ring substituents is 1. The van der Waals surface area contributed by atoms with Crippen molar-refractivity contribution in [3.05, 3.63) is 167 Å². The highest BCUT2D eigenvalue weighted by atomic mass is 32.2. The molecule has 0 aromatic heterocycles. The van der Waals surface area contributed by atoms with E-state index >= 15 is 0 Å². The van der Waals surface area contributed by atoms with Crippen LogP contribution < -0.4 is 31.4 Å². The molecule has 0 saturated heterocycles. The number of para-hydroxylation sites is 6. The standard InChI is InChI=1S/C13H14N2O2S.C12H11FN2O2S.C12H11N3O4S/c1-10-6-8-11(9-7-10)18(16,17)15-13-5-3-2-4-12(13)14;13-9-5-7-10(8-6-9)18(16,17)15-12-4-2-1-3-11(12)14;13-11-3-1-2-4-12(11)14-20(18,19)10-7-5-9(6-8-10)15(16)17/h2-9,15H,14H2,1H3;1-8,15H,14H2;1-8,14H,13H2. The number of nitrogens with one attached hydrogen (secondary N) is 3. The van der Waals surface area contributed by atoms with Gasteiger partial charge in [0.1, 0.15) is 5.82 Å². The van der Waals surface area contributed by atoms with Gasteiger partial charge in [-0.05, 0) is 91.9 Å². The highest BCUT2D eigenvalue weighted by Gasteiger charge is 2.18. The topological polar surface area (TPSA) is 260 Å². The molecule has 0 aliphatic carbocycles. The Hall–Kier alpha value is -6.70. The van der Waals surface area contributed by atoms with Crippen LogP contribution in [0.1, 0.15) is 5.56 Å². The maximum absolute atomic E-state index is 12.7. The monoisotopic (exact) mass is 821 g/mol. The molecular formula is C37H36FN7O8S3. The molecule has 56 heavy (non-hydrogen) atoms. The first-order chi connectivity index (χ1) is 26.4. The number of anilines is 6. The second kappa shape index (κ2) is 18.1. The van der Waals surface area contributed by atoms with E-state index < -0.39 is 40.8 Å². The smallest absolute Gasteiger partial charge is 0.269 e. The summed E-state index contributed by atoms with van der Waals surface area (Å²) in [4.78, 5) is 10.0. The van der Waals surface area contributed by atoms with Gasteiger partial charge in [0.15, 0.2) is 0 Å². The van der Waals surface area contributed by atoms with E-state index in [9.17, 15) is 39.8 Å². The van der Waals surface area contributed by atoms with Crippen LogP contribution in [0, 0.1) is 22.9 Å². The summed E-state index contributed by atoms with van der Waals surface area (Å²) in [6.07, 6.45) is 0. The van der Waals surface area contributed by atoms with E-state index in [1.807, 2.05) is 6.92 Å². The van der Waals surface area contributed by atoms with Crippen LogP contribution in [0.3, 0.4) is 0 Å². The molecule has 6 aromatic carbocycles. The number of benzene rings is 6. The molecule has 9 N–H and O–H groups in total. The Morgan fingerprint density at radius 2 is 0.768 bits per heavy atom. The molecule has 19 heteroatoms. The zero-order valence-corrected chi connectivity index (χ0v) is 31.9. The SMILES string of the molecule is Cc1ccc(S(=O)(=O)Nc2ccccc2N)cc1.Nc1ccccc1NS(=O)(=O)c1ccc(F)cc1.Nc1ccccc1NS(=O)(=O)c1ccc([N+](=O)[O-])cc1. The van der Waals surface area contributed by atoms with E-state index in [0.29, 0.717) is 22.7 Å². The summed E-state index contributed by atoms with van der Waals surface area (Å²) in [6.45, 7) is 1.90. The summed E-state index contributed by atoms with van der Waals surface area (Å²) < 4.78 is 92.2. The summed E-state index contributed by atoms with van der Waals surface area (Å²) in [7, 11) is -11.2. The third-order valence-corrected chi connectivity index (χ3v) is 11.6. The molecule has 0 saturated carbocycles. The lowest BCUT2D eigenvalue weighted by Crippen LogP contribution is -2.14. The number of rotatable bonds is 10.